The van der Waals surface area contributed by atoms with Crippen LogP contribution in [-0.4, -0.2) is 42.1 Å². The van der Waals surface area contributed by atoms with Gasteiger partial charge in [0.05, 0.1) is 6.61 Å². The van der Waals surface area contributed by atoms with E-state index in [1.165, 1.54) is 6.07 Å². The predicted octanol–water partition coefficient (Wildman–Crippen LogP) is 1.10. The SMILES string of the molecule is O=CC1Cc2cc(NC(=O)[C@]3(NC(=O)O)CCOC3)cc(F)c2C1. The summed E-state index contributed by atoms with van der Waals surface area (Å²) in [6.45, 7) is 0.180. The standard InChI is InChI=1S/C16H17FN2O5/c17-13-6-11(5-10-3-9(7-20)4-12(10)13)18-14(21)16(19-15(22)23)1-2-24-8-16/h5-7,9,19H,1-4,8H2,(H,18,21)(H,22,23)/t9?,16-/m0/s1. The molecule has 1 aliphatic heterocycles. The van der Waals surface area contributed by atoms with Crippen LogP contribution >= 0.6 is 0 Å². The van der Waals surface area contributed by atoms with Crippen molar-refractivity contribution in [1.29, 1.82) is 0 Å². The smallest absolute Gasteiger partial charge is 0.405 e. The molecule has 0 saturated carbocycles. The van der Waals surface area contributed by atoms with E-state index in [2.05, 4.69) is 10.6 Å². The molecule has 3 rings (SSSR count). The molecule has 1 aromatic carbocycles. The molecule has 24 heavy (non-hydrogen) atoms. The molecule has 8 heteroatoms. The minimum Gasteiger partial charge on any atom is -0.465 e. The monoisotopic (exact) mass is 336 g/mol. The molecule has 0 radical (unpaired) electrons. The molecular formula is C16H17FN2O5. The number of hydrogen-bond acceptors (Lipinski definition) is 4. The van der Waals surface area contributed by atoms with Crippen LogP contribution in [0.15, 0.2) is 12.1 Å². The summed E-state index contributed by atoms with van der Waals surface area (Å²) in [5, 5.41) is 13.7. The van der Waals surface area contributed by atoms with Crippen molar-refractivity contribution in [2.75, 3.05) is 18.5 Å². The molecule has 1 unspecified atom stereocenters. The second-order valence-electron chi connectivity index (χ2n) is 6.17. The highest BCUT2D eigenvalue weighted by molar-refractivity contribution is 6.00. The van der Waals surface area contributed by atoms with Crippen LogP contribution < -0.4 is 10.6 Å². The molecule has 1 heterocycles. The Morgan fingerprint density at radius 3 is 2.79 bits per heavy atom. The van der Waals surface area contributed by atoms with Crippen LogP contribution in [0.1, 0.15) is 17.5 Å². The lowest BCUT2D eigenvalue weighted by atomic mass is 9.97. The fraction of sp³-hybridized carbons (Fsp3) is 0.438. The Labute approximate surface area is 137 Å². The molecule has 2 amide bonds. The maximum Gasteiger partial charge on any atom is 0.405 e. The van der Waals surface area contributed by atoms with E-state index in [1.807, 2.05) is 0 Å². The molecule has 2 atom stereocenters. The van der Waals surface area contributed by atoms with Gasteiger partial charge in [0, 0.05) is 24.6 Å². The second-order valence-corrected chi connectivity index (χ2v) is 6.17. The van der Waals surface area contributed by atoms with E-state index < -0.39 is 23.4 Å². The third-order valence-electron chi connectivity index (χ3n) is 4.49. The number of carbonyl (C=O) groups excluding carboxylic acids is 2. The van der Waals surface area contributed by atoms with Gasteiger partial charge in [-0.05, 0) is 36.1 Å². The molecule has 0 spiro atoms. The van der Waals surface area contributed by atoms with Gasteiger partial charge in [-0.3, -0.25) is 4.79 Å². The average Bonchev–Trinajstić information content (AvgIpc) is 3.14. The third-order valence-corrected chi connectivity index (χ3v) is 4.49. The first-order valence-electron chi connectivity index (χ1n) is 7.60. The first-order chi connectivity index (χ1) is 11.4. The zero-order valence-corrected chi connectivity index (χ0v) is 12.8. The zero-order valence-electron chi connectivity index (χ0n) is 12.8. The molecule has 1 saturated heterocycles. The molecule has 1 aromatic rings. The normalized spacial score (nSPS) is 25.1. The number of amides is 2. The first kappa shape index (κ1) is 16.4. The number of carbonyl (C=O) groups is 3. The van der Waals surface area contributed by atoms with E-state index in [-0.39, 0.29) is 31.2 Å². The van der Waals surface area contributed by atoms with Crippen molar-refractivity contribution in [1.82, 2.24) is 5.32 Å². The molecule has 3 N–H and O–H groups in total. The number of halogens is 1. The Balaban J connectivity index is 1.81. The average molecular weight is 336 g/mol. The fourth-order valence-electron chi connectivity index (χ4n) is 3.24. The van der Waals surface area contributed by atoms with Crippen molar-refractivity contribution in [3.63, 3.8) is 0 Å². The predicted molar refractivity (Wildman–Crippen MR) is 81.3 cm³/mol. The minimum absolute atomic E-state index is 0.0776. The van der Waals surface area contributed by atoms with Gasteiger partial charge in [-0.25, -0.2) is 9.18 Å². The molecule has 1 fully saturated rings. The lowest BCUT2D eigenvalue weighted by molar-refractivity contribution is -0.122. The highest BCUT2D eigenvalue weighted by atomic mass is 19.1. The molecule has 1 aliphatic carbocycles. The summed E-state index contributed by atoms with van der Waals surface area (Å²) in [6.07, 6.45) is 0.466. The van der Waals surface area contributed by atoms with Crippen LogP contribution in [0.4, 0.5) is 14.9 Å². The summed E-state index contributed by atoms with van der Waals surface area (Å²) >= 11 is 0. The number of carboxylic acid groups (broad SMARTS) is 1. The summed E-state index contributed by atoms with van der Waals surface area (Å²) in [5.41, 5.74) is 0.0337. The van der Waals surface area contributed by atoms with Gasteiger partial charge < -0.3 is 25.3 Å². The summed E-state index contributed by atoms with van der Waals surface area (Å²) in [4.78, 5) is 34.4. The number of nitrogens with one attached hydrogen (secondary N) is 2. The molecule has 128 valence electrons. The zero-order chi connectivity index (χ0) is 17.3. The molecule has 2 aliphatic rings. The van der Waals surface area contributed by atoms with E-state index in [9.17, 15) is 18.8 Å². The number of fused-ring (bicyclic) bond motifs is 1. The number of benzene rings is 1. The maximum atomic E-state index is 14.2. The topological polar surface area (TPSA) is 105 Å². The fourth-order valence-corrected chi connectivity index (χ4v) is 3.24. The Morgan fingerprint density at radius 2 is 2.17 bits per heavy atom. The molecular weight excluding hydrogens is 319 g/mol. The van der Waals surface area contributed by atoms with E-state index in [4.69, 9.17) is 9.84 Å². The van der Waals surface area contributed by atoms with Crippen molar-refractivity contribution >= 4 is 24.0 Å². The summed E-state index contributed by atoms with van der Waals surface area (Å²) in [6, 6.07) is 2.82. The van der Waals surface area contributed by atoms with E-state index in [0.717, 1.165) is 6.29 Å². The molecule has 7 nitrogen and oxygen atoms in total. The van der Waals surface area contributed by atoms with Crippen LogP contribution in [-0.2, 0) is 27.2 Å². The van der Waals surface area contributed by atoms with Crippen molar-refractivity contribution in [3.8, 4) is 0 Å². The molecule has 0 aromatic heterocycles. The van der Waals surface area contributed by atoms with E-state index in [1.54, 1.807) is 6.07 Å². The second kappa shape index (κ2) is 6.20. The van der Waals surface area contributed by atoms with Gasteiger partial charge >= 0.3 is 6.09 Å². The van der Waals surface area contributed by atoms with E-state index in [0.29, 0.717) is 24.0 Å². The highest BCUT2D eigenvalue weighted by Gasteiger charge is 2.44. The van der Waals surface area contributed by atoms with E-state index >= 15 is 0 Å². The summed E-state index contributed by atoms with van der Waals surface area (Å²) in [5.74, 6) is -1.31. The first-order valence-corrected chi connectivity index (χ1v) is 7.60. The van der Waals surface area contributed by atoms with Gasteiger partial charge in [0.25, 0.3) is 5.91 Å². The maximum absolute atomic E-state index is 14.2. The van der Waals surface area contributed by atoms with Crippen LogP contribution in [0.3, 0.4) is 0 Å². The Hall–Kier alpha value is -2.48. The van der Waals surface area contributed by atoms with Crippen LogP contribution in [0.25, 0.3) is 0 Å². The van der Waals surface area contributed by atoms with Crippen LogP contribution in [0.5, 0.6) is 0 Å². The quantitative estimate of drug-likeness (QED) is 0.714. The lowest BCUT2D eigenvalue weighted by Crippen LogP contribution is -2.57. The van der Waals surface area contributed by atoms with Crippen LogP contribution in [0, 0.1) is 11.7 Å². The summed E-state index contributed by atoms with van der Waals surface area (Å²) in [7, 11) is 0. The number of aldehydes is 1. The van der Waals surface area contributed by atoms with Crippen molar-refractivity contribution in [2.24, 2.45) is 5.92 Å². The number of hydrogen-bond donors (Lipinski definition) is 3. The highest BCUT2D eigenvalue weighted by Crippen LogP contribution is 2.31. The van der Waals surface area contributed by atoms with Gasteiger partial charge in [0.1, 0.15) is 17.6 Å². The van der Waals surface area contributed by atoms with Gasteiger partial charge in [-0.1, -0.05) is 0 Å². The Bertz CT molecular complexity index is 700. The number of ether oxygens (including phenoxy) is 1. The lowest BCUT2D eigenvalue weighted by Gasteiger charge is -2.26. The Kier molecular flexibility index (Phi) is 4.23. The minimum atomic E-state index is -1.38. The van der Waals surface area contributed by atoms with Gasteiger partial charge in [-0.15, -0.1) is 0 Å². The number of rotatable bonds is 4. The third kappa shape index (κ3) is 2.96. The van der Waals surface area contributed by atoms with Gasteiger partial charge in [-0.2, -0.15) is 0 Å². The number of anilines is 1. The Morgan fingerprint density at radius 1 is 1.38 bits per heavy atom. The van der Waals surface area contributed by atoms with Gasteiger partial charge in [0.2, 0.25) is 0 Å². The van der Waals surface area contributed by atoms with Crippen molar-refractivity contribution in [3.05, 3.63) is 29.1 Å². The van der Waals surface area contributed by atoms with Gasteiger partial charge in [0.15, 0.2) is 0 Å². The van der Waals surface area contributed by atoms with Crippen molar-refractivity contribution < 1.29 is 28.6 Å². The van der Waals surface area contributed by atoms with Crippen molar-refractivity contribution in [2.45, 2.75) is 24.8 Å². The van der Waals surface area contributed by atoms with Crippen LogP contribution in [0.2, 0.25) is 0 Å². The largest absolute Gasteiger partial charge is 0.465 e. The molecule has 0 bridgehead atoms. The summed E-state index contributed by atoms with van der Waals surface area (Å²) < 4.78 is 19.3.